The third-order valence-corrected chi connectivity index (χ3v) is 3.77. The van der Waals surface area contributed by atoms with Gasteiger partial charge in [-0.3, -0.25) is 4.79 Å². The maximum atomic E-state index is 12.0. The zero-order valence-corrected chi connectivity index (χ0v) is 15.7. The minimum Gasteiger partial charge on any atom is -0.508 e. The molecule has 0 aromatic heterocycles. The number of allylic oxidation sites excluding steroid dienone is 3. The average molecular weight is 400 g/mol. The van der Waals surface area contributed by atoms with E-state index in [-0.39, 0.29) is 23.0 Å². The van der Waals surface area contributed by atoms with Crippen LogP contribution in [0.5, 0.6) is 34.5 Å². The number of hydrogen-bond donors (Lipinski definition) is 5. The Labute approximate surface area is 166 Å². The number of phenols is 4. The Bertz CT molecular complexity index is 1000. The van der Waals surface area contributed by atoms with Gasteiger partial charge in [0.05, 0.1) is 14.2 Å². The molecule has 0 unspecified atom stereocenters. The third kappa shape index (κ3) is 5.46. The second kappa shape index (κ2) is 9.23. The molecule has 0 heterocycles. The molecule has 2 aromatic carbocycles. The lowest BCUT2D eigenvalue weighted by atomic mass is 10.1. The minimum atomic E-state index is -0.537. The standard InChI is InChI=1S/C21H20O8/c1-28-18-9-12(7-16(24)20(18)26)3-5-14(22)11-15(23)6-4-13-8-17(25)21(27)19(10-13)29-2/h3-11,22,24-27H,1-2H3/b5-3+,6-4+,14-11?. The quantitative estimate of drug-likeness (QED) is 0.207. The number of methoxy groups -OCH3 is 2. The van der Waals surface area contributed by atoms with Crippen LogP contribution in [0.25, 0.3) is 12.2 Å². The maximum Gasteiger partial charge on any atom is 0.200 e. The highest BCUT2D eigenvalue weighted by molar-refractivity contribution is 6.02. The van der Waals surface area contributed by atoms with Crippen molar-refractivity contribution in [3.8, 4) is 34.5 Å². The van der Waals surface area contributed by atoms with E-state index in [4.69, 9.17) is 9.47 Å². The number of benzene rings is 2. The van der Waals surface area contributed by atoms with Gasteiger partial charge in [0, 0.05) is 6.08 Å². The third-order valence-electron chi connectivity index (χ3n) is 3.77. The lowest BCUT2D eigenvalue weighted by molar-refractivity contribution is -0.110. The Balaban J connectivity index is 2.13. The molecule has 0 bridgehead atoms. The number of ether oxygens (including phenoxy) is 2. The molecule has 0 atom stereocenters. The van der Waals surface area contributed by atoms with E-state index in [2.05, 4.69) is 0 Å². The molecule has 8 heteroatoms. The van der Waals surface area contributed by atoms with Crippen molar-refractivity contribution >= 4 is 17.9 Å². The van der Waals surface area contributed by atoms with Crippen LogP contribution in [0.4, 0.5) is 0 Å². The molecule has 8 nitrogen and oxygen atoms in total. The zero-order chi connectivity index (χ0) is 21.6. The Morgan fingerprint density at radius 2 is 1.24 bits per heavy atom. The van der Waals surface area contributed by atoms with Gasteiger partial charge in [-0.15, -0.1) is 0 Å². The van der Waals surface area contributed by atoms with Crippen molar-refractivity contribution < 1.29 is 39.8 Å². The molecule has 2 rings (SSSR count). The summed E-state index contributed by atoms with van der Waals surface area (Å²) in [5.41, 5.74) is 0.826. The van der Waals surface area contributed by atoms with E-state index in [1.807, 2.05) is 0 Å². The Kier molecular flexibility index (Phi) is 6.75. The summed E-state index contributed by atoms with van der Waals surface area (Å²) in [7, 11) is 2.65. The van der Waals surface area contributed by atoms with Crippen molar-refractivity contribution in [2.75, 3.05) is 14.2 Å². The number of ketones is 1. The highest BCUT2D eigenvalue weighted by atomic mass is 16.5. The molecule has 0 aliphatic carbocycles. The molecule has 5 N–H and O–H groups in total. The first-order valence-corrected chi connectivity index (χ1v) is 8.26. The fraction of sp³-hybridized carbons (Fsp3) is 0.0952. The molecular formula is C21H20O8. The SMILES string of the molecule is COc1cc(/C=C/C(=O)C=C(O)/C=C/c2cc(O)c(O)c(OC)c2)cc(O)c1O. The summed E-state index contributed by atoms with van der Waals surface area (Å²) in [6.45, 7) is 0. The Hall–Kier alpha value is -4.07. The number of aromatic hydroxyl groups is 4. The summed E-state index contributed by atoms with van der Waals surface area (Å²) in [6, 6.07) is 5.36. The first kappa shape index (κ1) is 21.2. The van der Waals surface area contributed by atoms with Crippen molar-refractivity contribution in [3.05, 3.63) is 59.4 Å². The summed E-state index contributed by atoms with van der Waals surface area (Å²) in [6.07, 6.45) is 6.13. The number of carbonyl (C=O) groups is 1. The number of carbonyl (C=O) groups excluding carboxylic acids is 1. The van der Waals surface area contributed by atoms with Gasteiger partial charge >= 0.3 is 0 Å². The van der Waals surface area contributed by atoms with Crippen LogP contribution >= 0.6 is 0 Å². The van der Waals surface area contributed by atoms with Crippen LogP contribution in [-0.4, -0.2) is 45.5 Å². The van der Waals surface area contributed by atoms with Crippen molar-refractivity contribution in [1.29, 1.82) is 0 Å². The van der Waals surface area contributed by atoms with Gasteiger partial charge in [0.1, 0.15) is 5.76 Å². The van der Waals surface area contributed by atoms with Crippen LogP contribution in [0.15, 0.2) is 48.3 Å². The number of aliphatic hydroxyl groups excluding tert-OH is 1. The number of hydrogen-bond acceptors (Lipinski definition) is 8. The molecule has 29 heavy (non-hydrogen) atoms. The van der Waals surface area contributed by atoms with Crippen LogP contribution in [0.1, 0.15) is 11.1 Å². The number of rotatable bonds is 7. The molecule has 0 aliphatic rings. The van der Waals surface area contributed by atoms with E-state index in [9.17, 15) is 30.3 Å². The van der Waals surface area contributed by atoms with Gasteiger partial charge in [0.2, 0.25) is 11.5 Å². The summed E-state index contributed by atoms with van der Waals surface area (Å²) in [5, 5.41) is 48.3. The fourth-order valence-electron chi connectivity index (χ4n) is 2.33. The van der Waals surface area contributed by atoms with Gasteiger partial charge < -0.3 is 35.0 Å². The summed E-state index contributed by atoms with van der Waals surface area (Å²) >= 11 is 0. The molecule has 0 spiro atoms. The summed E-state index contributed by atoms with van der Waals surface area (Å²) in [5.74, 6) is -2.38. The first-order chi connectivity index (χ1) is 13.7. The lowest BCUT2D eigenvalue weighted by Crippen LogP contribution is -1.90. The van der Waals surface area contributed by atoms with Gasteiger partial charge in [0.25, 0.3) is 0 Å². The molecule has 0 saturated carbocycles. The lowest BCUT2D eigenvalue weighted by Gasteiger charge is -2.06. The van der Waals surface area contributed by atoms with Crippen molar-refractivity contribution in [1.82, 2.24) is 0 Å². The highest BCUT2D eigenvalue weighted by Crippen LogP contribution is 2.37. The first-order valence-electron chi connectivity index (χ1n) is 8.26. The second-order valence-corrected chi connectivity index (χ2v) is 5.82. The van der Waals surface area contributed by atoms with Crippen molar-refractivity contribution in [2.45, 2.75) is 0 Å². The minimum absolute atomic E-state index is 0.0472. The molecule has 0 aliphatic heterocycles. The Morgan fingerprint density at radius 1 is 0.793 bits per heavy atom. The largest absolute Gasteiger partial charge is 0.508 e. The Morgan fingerprint density at radius 3 is 1.69 bits per heavy atom. The van der Waals surface area contributed by atoms with E-state index in [0.29, 0.717) is 11.1 Å². The van der Waals surface area contributed by atoms with Crippen molar-refractivity contribution in [2.24, 2.45) is 0 Å². The topological polar surface area (TPSA) is 137 Å². The molecule has 0 saturated heterocycles. The monoisotopic (exact) mass is 400 g/mol. The predicted octanol–water partition coefficient (Wildman–Crippen LogP) is 3.26. The molecule has 0 radical (unpaired) electrons. The molecule has 0 amide bonds. The molecule has 0 fully saturated rings. The van der Waals surface area contributed by atoms with Gasteiger partial charge in [-0.05, 0) is 47.5 Å². The van der Waals surface area contributed by atoms with Crippen LogP contribution in [0.3, 0.4) is 0 Å². The van der Waals surface area contributed by atoms with Gasteiger partial charge in [-0.2, -0.15) is 0 Å². The molecule has 2 aromatic rings. The van der Waals surface area contributed by atoms with Crippen molar-refractivity contribution in [3.63, 3.8) is 0 Å². The highest BCUT2D eigenvalue weighted by Gasteiger charge is 2.09. The molecular weight excluding hydrogens is 380 g/mol. The van der Waals surface area contributed by atoms with Crippen LogP contribution < -0.4 is 9.47 Å². The predicted molar refractivity (Wildman–Crippen MR) is 106 cm³/mol. The smallest absolute Gasteiger partial charge is 0.200 e. The molecule has 152 valence electrons. The summed E-state index contributed by atoms with van der Waals surface area (Å²) < 4.78 is 9.83. The van der Waals surface area contributed by atoms with E-state index >= 15 is 0 Å². The zero-order valence-electron chi connectivity index (χ0n) is 15.7. The second-order valence-electron chi connectivity index (χ2n) is 5.82. The average Bonchev–Trinajstić information content (AvgIpc) is 2.69. The number of aliphatic hydroxyl groups is 1. The van der Waals surface area contributed by atoms with Gasteiger partial charge in [-0.1, -0.05) is 12.2 Å². The van der Waals surface area contributed by atoms with E-state index < -0.39 is 23.0 Å². The maximum absolute atomic E-state index is 12.0. The normalized spacial score (nSPS) is 11.9. The summed E-state index contributed by atoms with van der Waals surface area (Å²) in [4.78, 5) is 12.0. The van der Waals surface area contributed by atoms with Gasteiger partial charge in [0.15, 0.2) is 28.8 Å². The van der Waals surface area contributed by atoms with E-state index in [1.165, 1.54) is 56.7 Å². The van der Waals surface area contributed by atoms with Crippen LogP contribution in [0, 0.1) is 0 Å². The number of phenolic OH excluding ortho intramolecular Hbond substituents is 4. The van der Waals surface area contributed by atoms with Crippen LogP contribution in [0.2, 0.25) is 0 Å². The van der Waals surface area contributed by atoms with E-state index in [1.54, 1.807) is 0 Å². The van der Waals surface area contributed by atoms with Crippen LogP contribution in [-0.2, 0) is 4.79 Å². The fourth-order valence-corrected chi connectivity index (χ4v) is 2.33. The van der Waals surface area contributed by atoms with Gasteiger partial charge in [-0.25, -0.2) is 0 Å². The van der Waals surface area contributed by atoms with E-state index in [0.717, 1.165) is 12.2 Å².